The van der Waals surface area contributed by atoms with Gasteiger partial charge in [0.2, 0.25) is 0 Å². The molecule has 234 valence electrons. The van der Waals surface area contributed by atoms with E-state index in [1.54, 1.807) is 0 Å². The van der Waals surface area contributed by atoms with Crippen LogP contribution in [0.25, 0.3) is 44.0 Å². The zero-order valence-electron chi connectivity index (χ0n) is 26.5. The molecule has 0 saturated carbocycles. The van der Waals surface area contributed by atoms with Crippen molar-refractivity contribution in [2.45, 2.75) is 77.2 Å². The molecule has 0 aliphatic carbocycles. The van der Waals surface area contributed by atoms with Gasteiger partial charge in [0, 0.05) is 23.3 Å². The van der Waals surface area contributed by atoms with Crippen molar-refractivity contribution in [1.82, 2.24) is 25.3 Å². The Bertz CT molecular complexity index is 1710. The van der Waals surface area contributed by atoms with E-state index in [-0.39, 0.29) is 17.9 Å². The number of ether oxygens (including phenoxy) is 1. The zero-order valence-corrected chi connectivity index (χ0v) is 26.5. The van der Waals surface area contributed by atoms with Crippen LogP contribution in [0.1, 0.15) is 82.8 Å². The zero-order chi connectivity index (χ0) is 31.2. The third-order valence-corrected chi connectivity index (χ3v) is 8.93. The van der Waals surface area contributed by atoms with E-state index in [1.807, 2.05) is 0 Å². The summed E-state index contributed by atoms with van der Waals surface area (Å²) in [5.41, 5.74) is 18.0. The van der Waals surface area contributed by atoms with Crippen molar-refractivity contribution < 1.29 is 9.53 Å². The number of nitrogens with one attached hydrogen (secondary N) is 3. The molecule has 5 rings (SSSR count). The number of hydrogen-bond donors (Lipinski definition) is 5. The summed E-state index contributed by atoms with van der Waals surface area (Å²) in [5.74, 6) is 2.74. The fraction of sp³-hybridized carbons (Fsp3) is 0.457. The van der Waals surface area contributed by atoms with Gasteiger partial charge in [-0.3, -0.25) is 0 Å². The highest BCUT2D eigenvalue weighted by Crippen LogP contribution is 2.34. The third kappa shape index (κ3) is 6.89. The van der Waals surface area contributed by atoms with Gasteiger partial charge in [-0.2, -0.15) is 0 Å². The predicted molar refractivity (Wildman–Crippen MR) is 180 cm³/mol. The normalized spacial score (nSPS) is 14.0. The second-order valence-electron chi connectivity index (χ2n) is 12.3. The van der Waals surface area contributed by atoms with Crippen LogP contribution >= 0.6 is 0 Å². The van der Waals surface area contributed by atoms with Gasteiger partial charge in [-0.1, -0.05) is 45.0 Å². The van der Waals surface area contributed by atoms with Crippen LogP contribution in [0.4, 0.5) is 4.79 Å². The number of amides is 1. The largest absolute Gasteiger partial charge is 0.453 e. The second-order valence-corrected chi connectivity index (χ2v) is 12.3. The summed E-state index contributed by atoms with van der Waals surface area (Å²) in [6.07, 6.45) is 5.19. The standard InChI is InChI=1S/C35H47N7O2/c1-5-22(8-6-16-36)33-38-28-14-11-24(19-31(28)40-33)23-10-13-27-25(18-23)12-15-29-32(27)42-34(39-29)26(9-7-17-37)20-30(21(2)3)41-35(43)44-4/h10-15,18-19,21-22,26,30H,5-9,16-17,20,36-37H2,1-4H3,(H,38,40)(H,39,42)(H,41,43)/t22?,26?,30-/m1/s1. The number of nitrogens with zero attached hydrogens (tertiary/aromatic N) is 2. The lowest BCUT2D eigenvalue weighted by atomic mass is 9.89. The molecular formula is C35H47N7O2. The molecule has 3 atom stereocenters. The predicted octanol–water partition coefficient (Wildman–Crippen LogP) is 7.09. The summed E-state index contributed by atoms with van der Waals surface area (Å²) in [6.45, 7) is 7.74. The second kappa shape index (κ2) is 14.2. The Morgan fingerprint density at radius 2 is 1.57 bits per heavy atom. The van der Waals surface area contributed by atoms with E-state index < -0.39 is 6.09 Å². The first-order valence-electron chi connectivity index (χ1n) is 16.0. The summed E-state index contributed by atoms with van der Waals surface area (Å²) in [7, 11) is 1.40. The van der Waals surface area contributed by atoms with E-state index in [2.05, 4.69) is 84.6 Å². The molecule has 7 N–H and O–H groups in total. The van der Waals surface area contributed by atoms with Gasteiger partial charge >= 0.3 is 6.09 Å². The van der Waals surface area contributed by atoms with E-state index in [9.17, 15) is 4.79 Å². The van der Waals surface area contributed by atoms with Gasteiger partial charge in [-0.05, 0) is 98.3 Å². The van der Waals surface area contributed by atoms with Crippen LogP contribution < -0.4 is 16.8 Å². The monoisotopic (exact) mass is 597 g/mol. The quantitative estimate of drug-likeness (QED) is 0.0923. The summed E-state index contributed by atoms with van der Waals surface area (Å²) >= 11 is 0. The number of hydrogen-bond acceptors (Lipinski definition) is 6. The van der Waals surface area contributed by atoms with Crippen LogP contribution in [0, 0.1) is 5.92 Å². The van der Waals surface area contributed by atoms with Gasteiger partial charge in [0.05, 0.1) is 29.2 Å². The van der Waals surface area contributed by atoms with Gasteiger partial charge in [-0.25, -0.2) is 14.8 Å². The SMILES string of the molecule is CCC(CCCN)c1nc2ccc(-c3ccc4c(ccc5[nH]c(C(CCCN)C[C@@H](NC(=O)OC)C(C)C)nc54)c3)cc2[nH]1. The van der Waals surface area contributed by atoms with Crippen molar-refractivity contribution in [2.75, 3.05) is 20.2 Å². The van der Waals surface area contributed by atoms with Gasteiger partial charge in [0.1, 0.15) is 11.6 Å². The molecule has 0 spiro atoms. The Kier molecular flexibility index (Phi) is 10.2. The lowest BCUT2D eigenvalue weighted by molar-refractivity contribution is 0.160. The van der Waals surface area contributed by atoms with Crippen LogP contribution in [-0.4, -0.2) is 52.3 Å². The smallest absolute Gasteiger partial charge is 0.407 e. The van der Waals surface area contributed by atoms with E-state index in [0.717, 1.165) is 94.1 Å². The number of nitrogens with two attached hydrogens (primary N) is 2. The topological polar surface area (TPSA) is 148 Å². The Morgan fingerprint density at radius 3 is 2.27 bits per heavy atom. The van der Waals surface area contributed by atoms with Crippen LogP contribution in [0.3, 0.4) is 0 Å². The van der Waals surface area contributed by atoms with Gasteiger partial charge in [0.15, 0.2) is 0 Å². The van der Waals surface area contributed by atoms with Gasteiger partial charge < -0.3 is 31.5 Å². The molecule has 0 bridgehead atoms. The molecule has 0 aliphatic heterocycles. The summed E-state index contributed by atoms with van der Waals surface area (Å²) in [6, 6.07) is 17.3. The van der Waals surface area contributed by atoms with Crippen LogP contribution in [0.15, 0.2) is 48.5 Å². The Morgan fingerprint density at radius 1 is 0.886 bits per heavy atom. The fourth-order valence-electron chi connectivity index (χ4n) is 6.24. The number of carbonyl (C=O) groups is 1. The van der Waals surface area contributed by atoms with Crippen molar-refractivity contribution >= 4 is 38.9 Å². The maximum absolute atomic E-state index is 12.0. The summed E-state index contributed by atoms with van der Waals surface area (Å²) in [4.78, 5) is 29.2. The Hall–Kier alpha value is -3.95. The lowest BCUT2D eigenvalue weighted by Crippen LogP contribution is -2.39. The number of rotatable bonds is 14. The first kappa shape index (κ1) is 31.5. The molecule has 5 aromatic rings. The van der Waals surface area contributed by atoms with E-state index in [4.69, 9.17) is 26.2 Å². The molecule has 9 heteroatoms. The maximum atomic E-state index is 12.0. The van der Waals surface area contributed by atoms with E-state index in [0.29, 0.717) is 19.0 Å². The minimum Gasteiger partial charge on any atom is -0.453 e. The lowest BCUT2D eigenvalue weighted by Gasteiger charge is -2.26. The molecule has 0 saturated heterocycles. The van der Waals surface area contributed by atoms with Crippen LogP contribution in [0.2, 0.25) is 0 Å². The summed E-state index contributed by atoms with van der Waals surface area (Å²) in [5, 5.41) is 5.25. The average Bonchev–Trinajstić information content (AvgIpc) is 3.66. The number of aromatic nitrogens is 4. The molecule has 2 heterocycles. The number of benzene rings is 3. The number of H-pyrrole nitrogens is 2. The molecule has 0 aliphatic rings. The van der Waals surface area contributed by atoms with Crippen molar-refractivity contribution in [3.8, 4) is 11.1 Å². The molecule has 9 nitrogen and oxygen atoms in total. The fourth-order valence-corrected chi connectivity index (χ4v) is 6.24. The Balaban J connectivity index is 1.44. The number of methoxy groups -OCH3 is 1. The van der Waals surface area contributed by atoms with Crippen LogP contribution in [-0.2, 0) is 4.74 Å². The molecule has 0 radical (unpaired) electrons. The number of imidazole rings is 2. The minimum atomic E-state index is -0.410. The van der Waals surface area contributed by atoms with Gasteiger partial charge in [-0.15, -0.1) is 0 Å². The van der Waals surface area contributed by atoms with Crippen molar-refractivity contribution in [3.05, 3.63) is 60.2 Å². The first-order valence-corrected chi connectivity index (χ1v) is 16.0. The molecule has 2 unspecified atom stereocenters. The molecule has 2 aromatic heterocycles. The number of aromatic amines is 2. The highest BCUT2D eigenvalue weighted by molar-refractivity contribution is 6.05. The van der Waals surface area contributed by atoms with Crippen molar-refractivity contribution in [2.24, 2.45) is 17.4 Å². The van der Waals surface area contributed by atoms with Crippen molar-refractivity contribution in [1.29, 1.82) is 0 Å². The van der Waals surface area contributed by atoms with Gasteiger partial charge in [0.25, 0.3) is 0 Å². The molecule has 3 aromatic carbocycles. The van der Waals surface area contributed by atoms with Crippen molar-refractivity contribution in [3.63, 3.8) is 0 Å². The maximum Gasteiger partial charge on any atom is 0.407 e. The third-order valence-electron chi connectivity index (χ3n) is 8.93. The highest BCUT2D eigenvalue weighted by Gasteiger charge is 2.25. The molecule has 1 amide bonds. The first-order chi connectivity index (χ1) is 21.3. The number of fused-ring (bicyclic) bond motifs is 4. The van der Waals surface area contributed by atoms with E-state index >= 15 is 0 Å². The molecule has 0 fully saturated rings. The molecular weight excluding hydrogens is 550 g/mol. The van der Waals surface area contributed by atoms with E-state index in [1.165, 1.54) is 7.11 Å². The summed E-state index contributed by atoms with van der Waals surface area (Å²) < 4.78 is 4.88. The highest BCUT2D eigenvalue weighted by atomic mass is 16.5. The average molecular weight is 598 g/mol. The molecule has 44 heavy (non-hydrogen) atoms. The number of carbonyl (C=O) groups excluding carboxylic acids is 1. The minimum absolute atomic E-state index is 0.0418. The Labute approximate surface area is 259 Å². The number of alkyl carbamates (subject to hydrolysis) is 1. The van der Waals surface area contributed by atoms with Crippen LogP contribution in [0.5, 0.6) is 0 Å².